The molecule has 2 rings (SSSR count). The zero-order valence-corrected chi connectivity index (χ0v) is 14.0. The van der Waals surface area contributed by atoms with Crippen molar-refractivity contribution in [3.63, 3.8) is 0 Å². The van der Waals surface area contributed by atoms with Crippen molar-refractivity contribution in [1.82, 2.24) is 0 Å². The zero-order valence-electron chi connectivity index (χ0n) is 14.0. The van der Waals surface area contributed by atoms with Crippen molar-refractivity contribution in [3.8, 4) is 0 Å². The molecule has 150 valence electrons. The second-order valence-electron chi connectivity index (χ2n) is 6.55. The van der Waals surface area contributed by atoms with Gasteiger partial charge in [0.2, 0.25) is 5.84 Å². The Kier molecular flexibility index (Phi) is 6.52. The third-order valence-corrected chi connectivity index (χ3v) is 4.64. The Labute approximate surface area is 148 Å². The molecule has 1 aliphatic heterocycles. The van der Waals surface area contributed by atoms with Crippen molar-refractivity contribution in [3.05, 3.63) is 0 Å². The summed E-state index contributed by atoms with van der Waals surface area (Å²) >= 11 is 0. The van der Waals surface area contributed by atoms with E-state index in [0.717, 1.165) is 0 Å². The Morgan fingerprint density at radius 1 is 1.08 bits per heavy atom. The van der Waals surface area contributed by atoms with Gasteiger partial charge >= 0.3 is 5.97 Å². The molecular formula is C14H25N3O9. The van der Waals surface area contributed by atoms with Gasteiger partial charge < -0.3 is 51.6 Å². The predicted molar refractivity (Wildman–Crippen MR) is 84.9 cm³/mol. The largest absolute Gasteiger partial charge is 0.475 e. The summed E-state index contributed by atoms with van der Waals surface area (Å²) in [7, 11) is 0. The monoisotopic (exact) mass is 379 g/mol. The number of carboxylic acids is 1. The second-order valence-corrected chi connectivity index (χ2v) is 6.55. The van der Waals surface area contributed by atoms with Gasteiger partial charge in [0.1, 0.15) is 36.6 Å². The quantitative estimate of drug-likeness (QED) is 0.172. The Hall–Kier alpha value is -1.38. The Balaban J connectivity index is 2.07. The second kappa shape index (κ2) is 8.10. The van der Waals surface area contributed by atoms with Gasteiger partial charge in [-0.1, -0.05) is 0 Å². The average Bonchev–Trinajstić information content (AvgIpc) is 2.58. The summed E-state index contributed by atoms with van der Waals surface area (Å²) in [5.74, 6) is -1.96. The molecule has 0 amide bonds. The summed E-state index contributed by atoms with van der Waals surface area (Å²) < 4.78 is 11.0. The fourth-order valence-corrected chi connectivity index (χ4v) is 3.02. The Morgan fingerprint density at radius 2 is 1.58 bits per heavy atom. The van der Waals surface area contributed by atoms with Crippen LogP contribution < -0.4 is 11.5 Å². The van der Waals surface area contributed by atoms with Crippen molar-refractivity contribution >= 4 is 11.8 Å². The number of aliphatic imine (C=N–C) groups is 1. The average molecular weight is 379 g/mol. The number of nitrogens with zero attached hydrogens (tertiary/aromatic N) is 1. The van der Waals surface area contributed by atoms with Gasteiger partial charge in [-0.15, -0.1) is 0 Å². The number of hydrogen-bond acceptors (Lipinski definition) is 10. The molecule has 2 aliphatic rings. The number of carbonyl (C=O) groups is 1. The van der Waals surface area contributed by atoms with Crippen molar-refractivity contribution in [2.45, 2.75) is 74.4 Å². The number of hydrogen-bond donors (Lipinski definition) is 8. The van der Waals surface area contributed by atoms with Gasteiger partial charge in [0, 0.05) is 0 Å². The Bertz CT molecular complexity index is 532. The number of rotatable bonds is 3. The molecule has 10 atom stereocenters. The lowest BCUT2D eigenvalue weighted by molar-refractivity contribution is -0.293. The molecular weight excluding hydrogens is 354 g/mol. The van der Waals surface area contributed by atoms with Crippen LogP contribution in [-0.4, -0.2) is 104 Å². The summed E-state index contributed by atoms with van der Waals surface area (Å²) in [5, 5.41) is 57.8. The maximum Gasteiger partial charge on any atom is 0.370 e. The topological polar surface area (TPSA) is 221 Å². The first kappa shape index (κ1) is 20.9. The normalized spacial score (nSPS) is 47.6. The van der Waals surface area contributed by atoms with E-state index in [4.69, 9.17) is 26.0 Å². The van der Waals surface area contributed by atoms with Crippen LogP contribution in [0.1, 0.15) is 13.3 Å². The minimum absolute atomic E-state index is 0.145. The lowest BCUT2D eigenvalue weighted by atomic mass is 9.84. The minimum atomic E-state index is -1.74. The van der Waals surface area contributed by atoms with E-state index in [1.165, 1.54) is 0 Å². The summed E-state index contributed by atoms with van der Waals surface area (Å²) in [5.41, 5.74) is 11.2. The molecule has 12 nitrogen and oxygen atoms in total. The highest BCUT2D eigenvalue weighted by molar-refractivity contribution is 6.33. The molecule has 0 bridgehead atoms. The zero-order chi connectivity index (χ0) is 19.8. The molecule has 2 fully saturated rings. The lowest BCUT2D eigenvalue weighted by Gasteiger charge is -2.45. The fraction of sp³-hybridized carbons (Fsp3) is 0.857. The van der Waals surface area contributed by atoms with E-state index in [0.29, 0.717) is 0 Å². The third-order valence-electron chi connectivity index (χ3n) is 4.64. The number of carboxylic acid groups (broad SMARTS) is 1. The number of amidine groups is 1. The third kappa shape index (κ3) is 4.13. The van der Waals surface area contributed by atoms with E-state index in [2.05, 4.69) is 4.99 Å². The molecule has 0 radical (unpaired) electrons. The summed E-state index contributed by atoms with van der Waals surface area (Å²) in [4.78, 5) is 14.6. The van der Waals surface area contributed by atoms with Crippen molar-refractivity contribution in [2.75, 3.05) is 0 Å². The molecule has 0 aromatic carbocycles. The highest BCUT2D eigenvalue weighted by Crippen LogP contribution is 2.29. The molecule has 0 aromatic heterocycles. The molecule has 1 heterocycles. The van der Waals surface area contributed by atoms with Gasteiger partial charge in [-0.25, -0.2) is 4.79 Å². The van der Waals surface area contributed by atoms with Crippen LogP contribution in [0.25, 0.3) is 0 Å². The molecule has 12 heteroatoms. The standard InChI is InChI=1S/C14H25N3O9/c1-3-5(17-12(16)13(23)24)2-4(15)14(25-3)26-11-9(21)7(19)6(18)8(20)10(11)22/h3-11,14,18-22H,2,15H2,1H3,(H2,16,17)(H,23,24)/t3-,4-,5-,6?,7-,8+,9+,10-,11?,14-/m0/s1. The smallest absolute Gasteiger partial charge is 0.370 e. The molecule has 1 aliphatic carbocycles. The van der Waals surface area contributed by atoms with Crippen molar-refractivity contribution < 1.29 is 44.9 Å². The van der Waals surface area contributed by atoms with Crippen LogP contribution in [0.4, 0.5) is 0 Å². The molecule has 1 saturated carbocycles. The van der Waals surface area contributed by atoms with E-state index >= 15 is 0 Å². The molecule has 0 aromatic rings. The van der Waals surface area contributed by atoms with Gasteiger partial charge in [-0.3, -0.25) is 4.99 Å². The Morgan fingerprint density at radius 3 is 2.08 bits per heavy atom. The summed E-state index contributed by atoms with van der Waals surface area (Å²) in [6, 6.07) is -1.46. The first-order valence-corrected chi connectivity index (χ1v) is 8.08. The number of aliphatic hydroxyl groups is 5. The highest BCUT2D eigenvalue weighted by Gasteiger charge is 2.50. The number of ether oxygens (including phenoxy) is 2. The van der Waals surface area contributed by atoms with Crippen LogP contribution in [-0.2, 0) is 14.3 Å². The van der Waals surface area contributed by atoms with Gasteiger partial charge in [0.15, 0.2) is 6.29 Å². The fourth-order valence-electron chi connectivity index (χ4n) is 3.02. The predicted octanol–water partition coefficient (Wildman–Crippen LogP) is -4.54. The van der Waals surface area contributed by atoms with Crippen LogP contribution in [0.3, 0.4) is 0 Å². The van der Waals surface area contributed by atoms with E-state index in [9.17, 15) is 30.3 Å². The summed E-state index contributed by atoms with van der Waals surface area (Å²) in [6.45, 7) is 1.59. The van der Waals surface area contributed by atoms with Crippen molar-refractivity contribution in [2.24, 2.45) is 16.5 Å². The van der Waals surface area contributed by atoms with E-state index in [1.54, 1.807) is 6.92 Å². The molecule has 2 unspecified atom stereocenters. The van der Waals surface area contributed by atoms with Crippen LogP contribution in [0.2, 0.25) is 0 Å². The molecule has 0 spiro atoms. The van der Waals surface area contributed by atoms with Crippen LogP contribution in [0.5, 0.6) is 0 Å². The maximum atomic E-state index is 10.8. The first-order valence-electron chi connectivity index (χ1n) is 8.08. The van der Waals surface area contributed by atoms with Crippen LogP contribution in [0, 0.1) is 0 Å². The van der Waals surface area contributed by atoms with E-state index in [-0.39, 0.29) is 6.42 Å². The highest BCUT2D eigenvalue weighted by atomic mass is 16.7. The minimum Gasteiger partial charge on any atom is -0.475 e. The van der Waals surface area contributed by atoms with Gasteiger partial charge in [0.05, 0.1) is 18.2 Å². The maximum absolute atomic E-state index is 10.8. The van der Waals surface area contributed by atoms with Crippen LogP contribution in [0.15, 0.2) is 4.99 Å². The first-order chi connectivity index (χ1) is 12.0. The van der Waals surface area contributed by atoms with Crippen LogP contribution >= 0.6 is 0 Å². The molecule has 10 N–H and O–H groups in total. The van der Waals surface area contributed by atoms with Gasteiger partial charge in [-0.05, 0) is 13.3 Å². The number of aliphatic hydroxyl groups excluding tert-OH is 5. The number of nitrogens with two attached hydrogens (primary N) is 2. The van der Waals surface area contributed by atoms with E-state index in [1.807, 2.05) is 0 Å². The van der Waals surface area contributed by atoms with Gasteiger partial charge in [0.25, 0.3) is 0 Å². The lowest BCUT2D eigenvalue weighted by Crippen LogP contribution is -2.66. The summed E-state index contributed by atoms with van der Waals surface area (Å²) in [6.07, 6.45) is -11.7. The molecule has 1 saturated heterocycles. The van der Waals surface area contributed by atoms with E-state index < -0.39 is 72.9 Å². The number of aliphatic carboxylic acids is 1. The SMILES string of the molecule is C[C@@H]1O[C@@H](OC2[C@@H](O)[C@H](O)C(O)[C@H](O)[C@H]2O)[C@@H](N)C[C@@H]1N=C(N)C(=O)O. The van der Waals surface area contributed by atoms with Crippen molar-refractivity contribution in [1.29, 1.82) is 0 Å². The molecule has 26 heavy (non-hydrogen) atoms. The van der Waals surface area contributed by atoms with Gasteiger partial charge in [-0.2, -0.15) is 0 Å².